The van der Waals surface area contributed by atoms with Crippen LogP contribution in [0.25, 0.3) is 0 Å². The van der Waals surface area contributed by atoms with Crippen molar-refractivity contribution < 1.29 is 24.5 Å². The van der Waals surface area contributed by atoms with Crippen molar-refractivity contribution in [3.05, 3.63) is 24.3 Å². The van der Waals surface area contributed by atoms with E-state index in [0.29, 0.717) is 30.5 Å². The van der Waals surface area contributed by atoms with Crippen LogP contribution in [-0.4, -0.2) is 34.9 Å². The Bertz CT molecular complexity index is 549. The number of esters is 1. The molecule has 0 bridgehead atoms. The number of carbonyl (C=O) groups excluding carboxylic acids is 2. The number of ether oxygens (including phenoxy) is 1. The SMILES string of the molecule is C=C(CCC)[C@@H](C)CC=C[C@H]1CCC(=O)[C@@H]1CCCCCC(O)(O)C(=O)OC. The number of aliphatic hydroxyl groups is 2. The molecular weight excluding hydrogens is 356 g/mol. The fourth-order valence-corrected chi connectivity index (χ4v) is 3.91. The van der Waals surface area contributed by atoms with E-state index in [1.165, 1.54) is 5.57 Å². The third-order valence-corrected chi connectivity index (χ3v) is 5.85. The lowest BCUT2D eigenvalue weighted by atomic mass is 9.88. The fraction of sp³-hybridized carbons (Fsp3) is 0.739. The molecule has 5 nitrogen and oxygen atoms in total. The van der Waals surface area contributed by atoms with Gasteiger partial charge >= 0.3 is 5.97 Å². The minimum absolute atomic E-state index is 0.0544. The Kier molecular flexibility index (Phi) is 10.7. The van der Waals surface area contributed by atoms with Crippen LogP contribution in [0.4, 0.5) is 0 Å². The number of Topliss-reactive ketones (excluding diaryl/α,β-unsaturated/α-hetero) is 1. The monoisotopic (exact) mass is 394 g/mol. The van der Waals surface area contributed by atoms with Crippen molar-refractivity contribution in [3.63, 3.8) is 0 Å². The average Bonchev–Trinajstić information content (AvgIpc) is 3.00. The van der Waals surface area contributed by atoms with Crippen LogP contribution >= 0.6 is 0 Å². The predicted octanol–water partition coefficient (Wildman–Crippen LogP) is 4.32. The van der Waals surface area contributed by atoms with Crippen LogP contribution in [0, 0.1) is 17.8 Å². The van der Waals surface area contributed by atoms with Crippen molar-refractivity contribution in [2.24, 2.45) is 17.8 Å². The molecule has 0 unspecified atom stereocenters. The zero-order valence-corrected chi connectivity index (χ0v) is 17.8. The lowest BCUT2D eigenvalue weighted by molar-refractivity contribution is -0.209. The zero-order valence-electron chi connectivity index (χ0n) is 17.8. The maximum atomic E-state index is 12.2. The smallest absolute Gasteiger partial charge is 0.366 e. The second-order valence-electron chi connectivity index (χ2n) is 8.16. The van der Waals surface area contributed by atoms with Crippen LogP contribution in [0.15, 0.2) is 24.3 Å². The Labute approximate surface area is 169 Å². The maximum Gasteiger partial charge on any atom is 0.366 e. The van der Waals surface area contributed by atoms with Gasteiger partial charge in [-0.2, -0.15) is 0 Å². The van der Waals surface area contributed by atoms with Gasteiger partial charge in [-0.3, -0.25) is 4.79 Å². The lowest BCUT2D eigenvalue weighted by Gasteiger charge is -2.19. The number of hydrogen-bond donors (Lipinski definition) is 2. The van der Waals surface area contributed by atoms with Gasteiger partial charge in [0.15, 0.2) is 0 Å². The maximum absolute atomic E-state index is 12.2. The van der Waals surface area contributed by atoms with Gasteiger partial charge in [0.05, 0.1) is 7.11 Å². The Morgan fingerprint density at radius 2 is 2.07 bits per heavy atom. The third-order valence-electron chi connectivity index (χ3n) is 5.85. The van der Waals surface area contributed by atoms with Crippen molar-refractivity contribution >= 4 is 11.8 Å². The first-order valence-electron chi connectivity index (χ1n) is 10.6. The van der Waals surface area contributed by atoms with Crippen molar-refractivity contribution in [1.82, 2.24) is 0 Å². The van der Waals surface area contributed by atoms with Crippen molar-refractivity contribution in [3.8, 4) is 0 Å². The van der Waals surface area contributed by atoms with E-state index in [0.717, 1.165) is 52.1 Å². The van der Waals surface area contributed by atoms with Gasteiger partial charge in [-0.25, -0.2) is 4.79 Å². The molecule has 0 aromatic rings. The molecule has 0 heterocycles. The Hall–Kier alpha value is -1.46. The van der Waals surface area contributed by atoms with Gasteiger partial charge in [0.25, 0.3) is 5.79 Å². The molecule has 160 valence electrons. The van der Waals surface area contributed by atoms with E-state index in [1.807, 2.05) is 0 Å². The van der Waals surface area contributed by atoms with Crippen molar-refractivity contribution in [1.29, 1.82) is 0 Å². The van der Waals surface area contributed by atoms with Gasteiger partial charge in [-0.05, 0) is 43.9 Å². The first kappa shape index (κ1) is 24.6. The van der Waals surface area contributed by atoms with E-state index >= 15 is 0 Å². The summed E-state index contributed by atoms with van der Waals surface area (Å²) >= 11 is 0. The van der Waals surface area contributed by atoms with Gasteiger partial charge in [-0.1, -0.05) is 57.4 Å². The quantitative estimate of drug-likeness (QED) is 0.210. The molecule has 1 rings (SSSR count). The number of rotatable bonds is 13. The number of ketones is 1. The first-order valence-corrected chi connectivity index (χ1v) is 10.6. The van der Waals surface area contributed by atoms with Gasteiger partial charge in [0.2, 0.25) is 0 Å². The topological polar surface area (TPSA) is 83.8 Å². The Balaban J connectivity index is 2.38. The summed E-state index contributed by atoms with van der Waals surface area (Å²) in [5.74, 6) is -2.26. The van der Waals surface area contributed by atoms with Gasteiger partial charge in [0.1, 0.15) is 5.78 Å². The molecule has 1 aliphatic rings. The summed E-state index contributed by atoms with van der Waals surface area (Å²) in [6.45, 7) is 8.53. The molecule has 0 saturated heterocycles. The molecule has 1 fully saturated rings. The highest BCUT2D eigenvalue weighted by atomic mass is 16.6. The van der Waals surface area contributed by atoms with E-state index in [1.54, 1.807) is 0 Å². The number of unbranched alkanes of at least 4 members (excludes halogenated alkanes) is 2. The van der Waals surface area contributed by atoms with E-state index < -0.39 is 11.8 Å². The molecule has 28 heavy (non-hydrogen) atoms. The number of methoxy groups -OCH3 is 1. The molecule has 1 aliphatic carbocycles. The number of hydrogen-bond acceptors (Lipinski definition) is 5. The summed E-state index contributed by atoms with van der Waals surface area (Å²) in [7, 11) is 1.13. The number of carbonyl (C=O) groups is 2. The van der Waals surface area contributed by atoms with E-state index in [9.17, 15) is 19.8 Å². The highest BCUT2D eigenvalue weighted by molar-refractivity contribution is 5.83. The summed E-state index contributed by atoms with van der Waals surface area (Å²) < 4.78 is 4.37. The molecule has 5 heteroatoms. The van der Waals surface area contributed by atoms with Crippen molar-refractivity contribution in [2.45, 2.75) is 83.8 Å². The molecule has 0 aromatic heterocycles. The molecule has 3 atom stereocenters. The predicted molar refractivity (Wildman–Crippen MR) is 110 cm³/mol. The number of allylic oxidation sites excluding steroid dienone is 3. The summed E-state index contributed by atoms with van der Waals surface area (Å²) in [5.41, 5.74) is 1.29. The summed E-state index contributed by atoms with van der Waals surface area (Å²) in [6, 6.07) is 0. The second-order valence-corrected chi connectivity index (χ2v) is 8.16. The van der Waals surface area contributed by atoms with Crippen LogP contribution in [0.3, 0.4) is 0 Å². The molecule has 0 amide bonds. The fourth-order valence-electron chi connectivity index (χ4n) is 3.91. The largest absolute Gasteiger partial charge is 0.465 e. The highest BCUT2D eigenvalue weighted by Crippen LogP contribution is 2.34. The molecular formula is C23H38O5. The molecule has 0 aromatic carbocycles. The minimum Gasteiger partial charge on any atom is -0.465 e. The minimum atomic E-state index is -2.42. The summed E-state index contributed by atoms with van der Waals surface area (Å²) in [4.78, 5) is 23.5. The first-order chi connectivity index (χ1) is 13.2. The van der Waals surface area contributed by atoms with E-state index in [4.69, 9.17) is 0 Å². The van der Waals surface area contributed by atoms with Crippen LogP contribution in [0.1, 0.15) is 78.1 Å². The van der Waals surface area contributed by atoms with E-state index in [2.05, 4.69) is 37.3 Å². The van der Waals surface area contributed by atoms with Gasteiger partial charge in [0, 0.05) is 18.8 Å². The summed E-state index contributed by atoms with van der Waals surface area (Å²) in [5, 5.41) is 19.2. The normalized spacial score (nSPS) is 21.2. The van der Waals surface area contributed by atoms with Crippen LogP contribution in [0.2, 0.25) is 0 Å². The van der Waals surface area contributed by atoms with Crippen molar-refractivity contribution in [2.75, 3.05) is 7.11 Å². The molecule has 2 N–H and O–H groups in total. The van der Waals surface area contributed by atoms with Crippen LogP contribution < -0.4 is 0 Å². The Morgan fingerprint density at radius 3 is 2.71 bits per heavy atom. The van der Waals surface area contributed by atoms with E-state index in [-0.39, 0.29) is 12.3 Å². The molecule has 0 radical (unpaired) electrons. The Morgan fingerprint density at radius 1 is 1.36 bits per heavy atom. The third kappa shape index (κ3) is 7.88. The standard InChI is InChI=1S/C23H38O5/c1-5-10-17(2)18(3)11-9-12-19-14-15-21(24)20(19)13-7-6-8-16-23(26,27)22(25)28-4/h9,12,18-20,26-27H,2,5-8,10-11,13-16H2,1,3-4H3/t18-,19-,20+/m0/s1. The average molecular weight is 395 g/mol. The van der Waals surface area contributed by atoms with Crippen LogP contribution in [-0.2, 0) is 14.3 Å². The van der Waals surface area contributed by atoms with Crippen LogP contribution in [0.5, 0.6) is 0 Å². The highest BCUT2D eigenvalue weighted by Gasteiger charge is 2.34. The molecule has 0 aliphatic heterocycles. The second kappa shape index (κ2) is 12.2. The zero-order chi connectivity index (χ0) is 21.2. The summed E-state index contributed by atoms with van der Waals surface area (Å²) in [6.07, 6.45) is 12.0. The van der Waals surface area contributed by atoms with Gasteiger partial charge < -0.3 is 14.9 Å². The molecule has 1 saturated carbocycles. The van der Waals surface area contributed by atoms with Gasteiger partial charge in [-0.15, -0.1) is 0 Å². The lowest BCUT2D eigenvalue weighted by Crippen LogP contribution is -2.39. The molecule has 0 spiro atoms.